The van der Waals surface area contributed by atoms with E-state index in [0.29, 0.717) is 22.5 Å². The smallest absolute Gasteiger partial charge is 0.257 e. The van der Waals surface area contributed by atoms with Gasteiger partial charge in [0.1, 0.15) is 30.3 Å². The molecule has 0 aliphatic carbocycles. The van der Waals surface area contributed by atoms with Crippen LogP contribution in [-0.4, -0.2) is 33.2 Å². The van der Waals surface area contributed by atoms with E-state index in [9.17, 15) is 9.18 Å². The lowest BCUT2D eigenvalue weighted by Gasteiger charge is -2.17. The Morgan fingerprint density at radius 1 is 1.35 bits per heavy atom. The highest BCUT2D eigenvalue weighted by Gasteiger charge is 2.20. The molecule has 1 amide bonds. The van der Waals surface area contributed by atoms with Crippen LogP contribution in [0.4, 0.5) is 4.39 Å². The second-order valence-electron chi connectivity index (χ2n) is 5.90. The van der Waals surface area contributed by atoms with Crippen LogP contribution >= 0.6 is 11.6 Å². The molecule has 9 heteroatoms. The van der Waals surface area contributed by atoms with Gasteiger partial charge in [0, 0.05) is 12.3 Å². The summed E-state index contributed by atoms with van der Waals surface area (Å²) in [6.45, 7) is 1.94. The molecule has 0 spiro atoms. The number of ether oxygens (including phenoxy) is 2. The minimum atomic E-state index is -0.565. The van der Waals surface area contributed by atoms with Crippen molar-refractivity contribution >= 4 is 23.2 Å². The predicted octanol–water partition coefficient (Wildman–Crippen LogP) is 2.61. The Kier molecular flexibility index (Phi) is 4.12. The fourth-order valence-electron chi connectivity index (χ4n) is 2.64. The van der Waals surface area contributed by atoms with Gasteiger partial charge in [-0.3, -0.25) is 4.79 Å². The summed E-state index contributed by atoms with van der Waals surface area (Å²) < 4.78 is 26.7. The molecular formula is C17H14ClFN4O3. The van der Waals surface area contributed by atoms with E-state index in [1.54, 1.807) is 19.2 Å². The van der Waals surface area contributed by atoms with Gasteiger partial charge in [-0.15, -0.1) is 0 Å². The maximum Gasteiger partial charge on any atom is 0.257 e. The first kappa shape index (κ1) is 16.6. The van der Waals surface area contributed by atoms with Gasteiger partial charge in [-0.2, -0.15) is 10.1 Å². The van der Waals surface area contributed by atoms with E-state index in [1.165, 1.54) is 22.8 Å². The molecule has 1 unspecified atom stereocenters. The maximum absolute atomic E-state index is 13.8. The Balaban J connectivity index is 1.80. The Morgan fingerprint density at radius 3 is 3.04 bits per heavy atom. The molecule has 2 bridgehead atoms. The summed E-state index contributed by atoms with van der Waals surface area (Å²) in [6, 6.07) is 4.00. The van der Waals surface area contributed by atoms with E-state index in [2.05, 4.69) is 15.4 Å². The Hall–Kier alpha value is -2.87. The minimum Gasteiger partial charge on any atom is -0.491 e. The third-order valence-corrected chi connectivity index (χ3v) is 4.38. The van der Waals surface area contributed by atoms with E-state index < -0.39 is 5.82 Å². The second-order valence-corrected chi connectivity index (χ2v) is 6.28. The molecular weight excluding hydrogens is 363 g/mol. The number of aromatic nitrogens is 3. The van der Waals surface area contributed by atoms with Gasteiger partial charge < -0.3 is 14.8 Å². The lowest BCUT2D eigenvalue weighted by atomic mass is 10.2. The van der Waals surface area contributed by atoms with E-state index in [1.807, 2.05) is 0 Å². The highest BCUT2D eigenvalue weighted by atomic mass is 35.5. The molecule has 134 valence electrons. The zero-order valence-corrected chi connectivity index (χ0v) is 14.5. The third kappa shape index (κ3) is 2.92. The summed E-state index contributed by atoms with van der Waals surface area (Å²) in [5, 5.41) is 6.86. The summed E-state index contributed by atoms with van der Waals surface area (Å²) in [6.07, 6.45) is 3.07. The third-order valence-electron chi connectivity index (χ3n) is 3.97. The monoisotopic (exact) mass is 376 g/mol. The van der Waals surface area contributed by atoms with Gasteiger partial charge in [0.2, 0.25) is 5.88 Å². The van der Waals surface area contributed by atoms with Crippen LogP contribution in [0, 0.1) is 5.82 Å². The first-order valence-electron chi connectivity index (χ1n) is 7.90. The number of nitrogens with one attached hydrogen (secondary N) is 1. The molecule has 0 fully saturated rings. The fourth-order valence-corrected chi connectivity index (χ4v) is 2.85. The van der Waals surface area contributed by atoms with Crippen LogP contribution in [0.25, 0.3) is 5.65 Å². The number of carbonyl (C=O) groups is 1. The van der Waals surface area contributed by atoms with Crippen molar-refractivity contribution in [1.29, 1.82) is 0 Å². The molecule has 1 aromatic carbocycles. The highest BCUT2D eigenvalue weighted by Crippen LogP contribution is 2.30. The van der Waals surface area contributed by atoms with Gasteiger partial charge in [-0.05, 0) is 19.1 Å². The molecule has 3 aromatic rings. The van der Waals surface area contributed by atoms with E-state index >= 15 is 0 Å². The normalized spacial score (nSPS) is 17.3. The molecule has 2 aromatic heterocycles. The number of nitrogens with zero attached hydrogens (tertiary/aromatic N) is 3. The van der Waals surface area contributed by atoms with E-state index in [0.717, 1.165) is 0 Å². The Bertz CT molecular complexity index is 1010. The Morgan fingerprint density at radius 2 is 2.19 bits per heavy atom. The number of hydrogen-bond donors (Lipinski definition) is 1. The zero-order chi connectivity index (χ0) is 18.3. The Labute approximate surface area is 152 Å². The molecule has 0 radical (unpaired) electrons. The number of rotatable bonds is 0. The number of halogens is 2. The average molecular weight is 377 g/mol. The van der Waals surface area contributed by atoms with Gasteiger partial charge in [0.25, 0.3) is 5.91 Å². The molecule has 1 aliphatic heterocycles. The second kappa shape index (κ2) is 6.45. The standard InChI is InChI=1S/C17H14ClFN4O3/c1-9-7-25-13-3-2-12(19)15(18)11(13)8-26-14-4-5-23-16(22-14)10(6-20-23)17(24)21-9/h2-6,9H,7-8H2,1H3,(H,21,24). The van der Waals surface area contributed by atoms with Gasteiger partial charge in [-0.1, -0.05) is 11.6 Å². The molecule has 1 N–H and O–H groups in total. The van der Waals surface area contributed by atoms with Crippen LogP contribution in [0.15, 0.2) is 30.6 Å². The molecule has 1 aliphatic rings. The van der Waals surface area contributed by atoms with Crippen molar-refractivity contribution in [2.75, 3.05) is 6.61 Å². The molecule has 26 heavy (non-hydrogen) atoms. The lowest BCUT2D eigenvalue weighted by Crippen LogP contribution is -2.36. The van der Waals surface area contributed by atoms with Gasteiger partial charge in [0.05, 0.1) is 22.8 Å². The molecule has 0 saturated heterocycles. The van der Waals surface area contributed by atoms with Crippen molar-refractivity contribution in [1.82, 2.24) is 19.9 Å². The van der Waals surface area contributed by atoms with Crippen LogP contribution in [0.1, 0.15) is 22.8 Å². The summed E-state index contributed by atoms with van der Waals surface area (Å²) in [5.74, 6) is -0.242. The van der Waals surface area contributed by atoms with Crippen LogP contribution in [-0.2, 0) is 6.61 Å². The number of hydrogen-bond acceptors (Lipinski definition) is 5. The molecule has 1 atom stereocenters. The van der Waals surface area contributed by atoms with Crippen molar-refractivity contribution < 1.29 is 18.7 Å². The maximum atomic E-state index is 13.8. The van der Waals surface area contributed by atoms with E-state index in [-0.39, 0.29) is 36.1 Å². The molecule has 0 saturated carbocycles. The number of fused-ring (bicyclic) bond motifs is 2. The first-order valence-corrected chi connectivity index (χ1v) is 8.28. The largest absolute Gasteiger partial charge is 0.491 e. The van der Waals surface area contributed by atoms with Crippen LogP contribution < -0.4 is 14.8 Å². The summed E-state index contributed by atoms with van der Waals surface area (Å²) >= 11 is 6.09. The van der Waals surface area contributed by atoms with Crippen molar-refractivity contribution in [2.24, 2.45) is 0 Å². The van der Waals surface area contributed by atoms with Gasteiger partial charge in [-0.25, -0.2) is 8.91 Å². The highest BCUT2D eigenvalue weighted by molar-refractivity contribution is 6.31. The minimum absolute atomic E-state index is 0.0334. The average Bonchev–Trinajstić information content (AvgIpc) is 3.04. The fraction of sp³-hybridized carbons (Fsp3) is 0.235. The van der Waals surface area contributed by atoms with Crippen LogP contribution in [0.3, 0.4) is 0 Å². The summed E-state index contributed by atoms with van der Waals surface area (Å²) in [5.41, 5.74) is 1.06. The van der Waals surface area contributed by atoms with Crippen molar-refractivity contribution in [2.45, 2.75) is 19.6 Å². The van der Waals surface area contributed by atoms with Crippen LogP contribution in [0.5, 0.6) is 11.6 Å². The molecule has 7 nitrogen and oxygen atoms in total. The number of carbonyl (C=O) groups excluding carboxylic acids is 1. The van der Waals surface area contributed by atoms with Crippen molar-refractivity contribution in [3.63, 3.8) is 0 Å². The SMILES string of the molecule is CC1COc2ccc(F)c(Cl)c2COc2ccn3ncc(c3n2)C(=O)N1. The topological polar surface area (TPSA) is 77.8 Å². The summed E-state index contributed by atoms with van der Waals surface area (Å²) in [7, 11) is 0. The van der Waals surface area contributed by atoms with E-state index in [4.69, 9.17) is 21.1 Å². The first-order chi connectivity index (χ1) is 12.5. The van der Waals surface area contributed by atoms with Crippen molar-refractivity contribution in [3.8, 4) is 11.6 Å². The van der Waals surface area contributed by atoms with Gasteiger partial charge >= 0.3 is 0 Å². The van der Waals surface area contributed by atoms with Crippen LogP contribution in [0.2, 0.25) is 5.02 Å². The molecule has 3 heterocycles. The quantitative estimate of drug-likeness (QED) is 0.652. The zero-order valence-electron chi connectivity index (χ0n) is 13.7. The number of benzene rings is 1. The molecule has 4 rings (SSSR count). The predicted molar refractivity (Wildman–Crippen MR) is 91.2 cm³/mol. The lowest BCUT2D eigenvalue weighted by molar-refractivity contribution is 0.0928. The van der Waals surface area contributed by atoms with Gasteiger partial charge in [0.15, 0.2) is 5.65 Å². The number of amides is 1. The van der Waals surface area contributed by atoms with Crippen molar-refractivity contribution in [3.05, 3.63) is 52.6 Å². The summed E-state index contributed by atoms with van der Waals surface area (Å²) in [4.78, 5) is 16.8.